The van der Waals surface area contributed by atoms with Crippen molar-refractivity contribution in [2.45, 2.75) is 26.2 Å². The highest BCUT2D eigenvalue weighted by Crippen LogP contribution is 2.15. The minimum atomic E-state index is -0.265. The van der Waals surface area contributed by atoms with Crippen LogP contribution in [0, 0.1) is 6.92 Å². The SMILES string of the molecule is Cc1ccc(NC(=O)c2nnc(CCCC(=O)NCCN(C)C)s2)cc1. The van der Waals surface area contributed by atoms with Crippen molar-refractivity contribution >= 4 is 28.8 Å². The van der Waals surface area contributed by atoms with Gasteiger partial charge in [-0.05, 0) is 39.6 Å². The van der Waals surface area contributed by atoms with E-state index in [0.29, 0.717) is 30.8 Å². The zero-order chi connectivity index (χ0) is 18.9. The molecule has 2 rings (SSSR count). The van der Waals surface area contributed by atoms with Crippen molar-refractivity contribution in [3.05, 3.63) is 39.8 Å². The van der Waals surface area contributed by atoms with Gasteiger partial charge in [-0.15, -0.1) is 10.2 Å². The number of nitrogens with one attached hydrogen (secondary N) is 2. The first-order valence-corrected chi connectivity index (χ1v) is 9.37. The smallest absolute Gasteiger partial charge is 0.286 e. The second kappa shape index (κ2) is 9.98. The zero-order valence-electron chi connectivity index (χ0n) is 15.4. The molecule has 0 atom stereocenters. The molecule has 26 heavy (non-hydrogen) atoms. The van der Waals surface area contributed by atoms with Gasteiger partial charge in [0.25, 0.3) is 5.91 Å². The van der Waals surface area contributed by atoms with Gasteiger partial charge in [0.1, 0.15) is 5.01 Å². The molecule has 0 radical (unpaired) electrons. The predicted octanol–water partition coefficient (Wildman–Crippen LogP) is 2.10. The summed E-state index contributed by atoms with van der Waals surface area (Å²) in [5.41, 5.74) is 1.86. The summed E-state index contributed by atoms with van der Waals surface area (Å²) in [4.78, 5) is 25.9. The van der Waals surface area contributed by atoms with Crippen molar-refractivity contribution in [3.8, 4) is 0 Å². The van der Waals surface area contributed by atoms with Gasteiger partial charge in [0.2, 0.25) is 10.9 Å². The molecular formula is C18H25N5O2S. The van der Waals surface area contributed by atoms with Crippen molar-refractivity contribution in [3.63, 3.8) is 0 Å². The summed E-state index contributed by atoms with van der Waals surface area (Å²) >= 11 is 1.26. The fraction of sp³-hybridized carbons (Fsp3) is 0.444. The monoisotopic (exact) mass is 375 g/mol. The molecule has 1 heterocycles. The second-order valence-corrected chi connectivity index (χ2v) is 7.39. The number of rotatable bonds is 9. The van der Waals surface area contributed by atoms with Crippen molar-refractivity contribution in [2.24, 2.45) is 0 Å². The molecular weight excluding hydrogens is 350 g/mol. The summed E-state index contributed by atoms with van der Waals surface area (Å²) in [5.74, 6) is -0.229. The van der Waals surface area contributed by atoms with E-state index in [9.17, 15) is 9.59 Å². The summed E-state index contributed by atoms with van der Waals surface area (Å²) in [6.45, 7) is 3.46. The molecule has 140 valence electrons. The number of carbonyl (C=O) groups excluding carboxylic acids is 2. The lowest BCUT2D eigenvalue weighted by atomic mass is 10.2. The molecule has 7 nitrogen and oxygen atoms in total. The van der Waals surface area contributed by atoms with E-state index in [4.69, 9.17) is 0 Å². The third-order valence-electron chi connectivity index (χ3n) is 3.65. The first kappa shape index (κ1) is 20.0. The van der Waals surface area contributed by atoms with Gasteiger partial charge in [0.15, 0.2) is 0 Å². The number of hydrogen-bond acceptors (Lipinski definition) is 6. The maximum atomic E-state index is 12.2. The molecule has 0 unspecified atom stereocenters. The van der Waals surface area contributed by atoms with Gasteiger partial charge in [0.05, 0.1) is 0 Å². The molecule has 0 aliphatic heterocycles. The highest BCUT2D eigenvalue weighted by Gasteiger charge is 2.13. The zero-order valence-corrected chi connectivity index (χ0v) is 16.2. The van der Waals surface area contributed by atoms with Gasteiger partial charge in [-0.3, -0.25) is 9.59 Å². The molecule has 2 N–H and O–H groups in total. The Labute approximate surface area is 157 Å². The Balaban J connectivity index is 1.74. The Morgan fingerprint density at radius 2 is 1.88 bits per heavy atom. The summed E-state index contributed by atoms with van der Waals surface area (Å²) in [6.07, 6.45) is 1.76. The lowest BCUT2D eigenvalue weighted by Gasteiger charge is -2.09. The number of benzene rings is 1. The first-order chi connectivity index (χ1) is 12.4. The van der Waals surface area contributed by atoms with E-state index in [2.05, 4.69) is 20.8 Å². The van der Waals surface area contributed by atoms with Crippen LogP contribution in [-0.4, -0.2) is 54.1 Å². The summed E-state index contributed by atoms with van der Waals surface area (Å²) < 4.78 is 0. The minimum Gasteiger partial charge on any atom is -0.355 e. The van der Waals surface area contributed by atoms with E-state index < -0.39 is 0 Å². The maximum Gasteiger partial charge on any atom is 0.286 e. The quantitative estimate of drug-likeness (QED) is 0.701. The van der Waals surface area contributed by atoms with Crippen LogP contribution in [0.15, 0.2) is 24.3 Å². The highest BCUT2D eigenvalue weighted by atomic mass is 32.1. The Kier molecular flexibility index (Phi) is 7.68. The standard InChI is InChI=1S/C18H25N5O2S/c1-13-7-9-14(10-8-13)20-17(25)18-22-21-16(26-18)6-4-5-15(24)19-11-12-23(2)3/h7-10H,4-6,11-12H2,1-3H3,(H,19,24)(H,20,25). The average molecular weight is 375 g/mol. The van der Waals surface area contributed by atoms with Gasteiger partial charge < -0.3 is 15.5 Å². The molecule has 0 aliphatic rings. The number of likely N-dealkylation sites (N-methyl/N-ethyl adjacent to an activating group) is 1. The van der Waals surface area contributed by atoms with Gasteiger partial charge in [0, 0.05) is 31.6 Å². The molecule has 8 heteroatoms. The summed E-state index contributed by atoms with van der Waals surface area (Å²) in [5, 5.41) is 14.8. The number of carbonyl (C=O) groups is 2. The average Bonchev–Trinajstić information content (AvgIpc) is 3.05. The number of hydrogen-bond donors (Lipinski definition) is 2. The molecule has 2 amide bonds. The molecule has 0 bridgehead atoms. The molecule has 1 aromatic heterocycles. The van der Waals surface area contributed by atoms with Gasteiger partial charge >= 0.3 is 0 Å². The molecule has 0 saturated carbocycles. The number of amides is 2. The number of anilines is 1. The highest BCUT2D eigenvalue weighted by molar-refractivity contribution is 7.13. The van der Waals surface area contributed by atoms with Gasteiger partial charge in [-0.2, -0.15) is 0 Å². The summed E-state index contributed by atoms with van der Waals surface area (Å²) in [7, 11) is 3.93. The van der Waals surface area contributed by atoms with Crippen LogP contribution >= 0.6 is 11.3 Å². The van der Waals surface area contributed by atoms with Crippen molar-refractivity contribution < 1.29 is 9.59 Å². The largest absolute Gasteiger partial charge is 0.355 e. The minimum absolute atomic E-state index is 0.0358. The van der Waals surface area contributed by atoms with Crippen molar-refractivity contribution in [2.75, 3.05) is 32.5 Å². The van der Waals surface area contributed by atoms with Crippen LogP contribution < -0.4 is 10.6 Å². The third kappa shape index (κ3) is 6.89. The van der Waals surface area contributed by atoms with Crippen LogP contribution in [0.3, 0.4) is 0 Å². The first-order valence-electron chi connectivity index (χ1n) is 8.56. The topological polar surface area (TPSA) is 87.2 Å². The van der Waals surface area contributed by atoms with E-state index in [1.807, 2.05) is 50.2 Å². The van der Waals surface area contributed by atoms with Crippen molar-refractivity contribution in [1.29, 1.82) is 0 Å². The van der Waals surface area contributed by atoms with Gasteiger partial charge in [-0.25, -0.2) is 0 Å². The third-order valence-corrected chi connectivity index (χ3v) is 4.63. The van der Waals surface area contributed by atoms with E-state index in [1.165, 1.54) is 11.3 Å². The lowest BCUT2D eigenvalue weighted by Crippen LogP contribution is -2.31. The van der Waals surface area contributed by atoms with E-state index in [0.717, 1.165) is 22.8 Å². The maximum absolute atomic E-state index is 12.2. The Hall–Kier alpha value is -2.32. The fourth-order valence-electron chi connectivity index (χ4n) is 2.18. The molecule has 2 aromatic rings. The van der Waals surface area contributed by atoms with Crippen molar-refractivity contribution in [1.82, 2.24) is 20.4 Å². The normalized spacial score (nSPS) is 10.8. The molecule has 1 aromatic carbocycles. The van der Waals surface area contributed by atoms with Crippen LogP contribution in [-0.2, 0) is 11.2 Å². The van der Waals surface area contributed by atoms with E-state index in [1.54, 1.807) is 0 Å². The van der Waals surface area contributed by atoms with E-state index >= 15 is 0 Å². The summed E-state index contributed by atoms with van der Waals surface area (Å²) in [6, 6.07) is 7.57. The number of nitrogens with zero attached hydrogens (tertiary/aromatic N) is 3. The van der Waals surface area contributed by atoms with Crippen LogP contribution in [0.4, 0.5) is 5.69 Å². The predicted molar refractivity (Wildman–Crippen MR) is 104 cm³/mol. The fourth-order valence-corrected chi connectivity index (χ4v) is 2.95. The lowest BCUT2D eigenvalue weighted by molar-refractivity contribution is -0.121. The van der Waals surface area contributed by atoms with Crippen LogP contribution in [0.5, 0.6) is 0 Å². The van der Waals surface area contributed by atoms with Crippen LogP contribution in [0.1, 0.15) is 33.2 Å². The van der Waals surface area contributed by atoms with Crippen LogP contribution in [0.25, 0.3) is 0 Å². The molecule has 0 saturated heterocycles. The number of aryl methyl sites for hydroxylation is 2. The van der Waals surface area contributed by atoms with E-state index in [-0.39, 0.29) is 11.8 Å². The Morgan fingerprint density at radius 3 is 2.58 bits per heavy atom. The second-order valence-electron chi connectivity index (χ2n) is 6.33. The molecule has 0 spiro atoms. The van der Waals surface area contributed by atoms with Crippen LogP contribution in [0.2, 0.25) is 0 Å². The molecule has 0 fully saturated rings. The number of aromatic nitrogens is 2. The Bertz CT molecular complexity index is 727. The molecule has 0 aliphatic carbocycles. The Morgan fingerprint density at radius 1 is 1.15 bits per heavy atom. The van der Waals surface area contributed by atoms with Gasteiger partial charge in [-0.1, -0.05) is 29.0 Å².